The summed E-state index contributed by atoms with van der Waals surface area (Å²) in [4.78, 5) is 2.76. The molecule has 1 fully saturated rings. The fraction of sp³-hybridized carbons (Fsp3) is 1.00. The summed E-state index contributed by atoms with van der Waals surface area (Å²) >= 11 is 4.30. The molecule has 0 bridgehead atoms. The van der Waals surface area contributed by atoms with Crippen molar-refractivity contribution < 1.29 is 4.74 Å². The Morgan fingerprint density at radius 3 is 3.00 bits per heavy atom. The second-order valence-corrected chi connectivity index (χ2v) is 3.40. The van der Waals surface area contributed by atoms with Gasteiger partial charge in [-0.2, -0.15) is 12.6 Å². The Balaban J connectivity index is 2.57. The highest BCUT2D eigenvalue weighted by atomic mass is 32.1. The highest BCUT2D eigenvalue weighted by molar-refractivity contribution is 7.81. The first-order valence-corrected chi connectivity index (χ1v) is 4.07. The zero-order valence-corrected chi connectivity index (χ0v) is 7.24. The number of nitrogens with zero attached hydrogens (tertiary/aromatic N) is 3. The van der Waals surface area contributed by atoms with Gasteiger partial charge in [0.25, 0.3) is 0 Å². The fourth-order valence-electron chi connectivity index (χ4n) is 1.07. The lowest BCUT2D eigenvalue weighted by atomic mass is 9.97. The van der Waals surface area contributed by atoms with Crippen molar-refractivity contribution in [2.45, 2.75) is 18.2 Å². The van der Waals surface area contributed by atoms with Gasteiger partial charge < -0.3 is 4.74 Å². The van der Waals surface area contributed by atoms with Gasteiger partial charge in [-0.15, -0.1) is 0 Å². The molecule has 0 N–H and O–H groups in total. The highest BCUT2D eigenvalue weighted by Gasteiger charge is 2.27. The minimum atomic E-state index is -0.0451. The van der Waals surface area contributed by atoms with E-state index in [9.17, 15) is 0 Å². The van der Waals surface area contributed by atoms with Crippen LogP contribution in [0.4, 0.5) is 0 Å². The van der Waals surface area contributed by atoms with Crippen molar-refractivity contribution in [2.24, 2.45) is 11.0 Å². The van der Waals surface area contributed by atoms with Crippen LogP contribution in [0.1, 0.15) is 6.92 Å². The fourth-order valence-corrected chi connectivity index (χ4v) is 1.38. The van der Waals surface area contributed by atoms with Crippen LogP contribution >= 0.6 is 12.6 Å². The largest absolute Gasteiger partial charge is 0.380 e. The van der Waals surface area contributed by atoms with Gasteiger partial charge in [0.15, 0.2) is 0 Å². The van der Waals surface area contributed by atoms with Crippen LogP contribution in [-0.4, -0.2) is 24.5 Å². The summed E-state index contributed by atoms with van der Waals surface area (Å²) in [6.45, 7) is 3.21. The maximum atomic E-state index is 8.20. The van der Waals surface area contributed by atoms with Gasteiger partial charge in [0.2, 0.25) is 0 Å². The van der Waals surface area contributed by atoms with E-state index in [0.29, 0.717) is 19.1 Å². The van der Waals surface area contributed by atoms with Crippen LogP contribution in [0.3, 0.4) is 0 Å². The summed E-state index contributed by atoms with van der Waals surface area (Å²) < 4.78 is 5.18. The van der Waals surface area contributed by atoms with E-state index in [4.69, 9.17) is 10.3 Å². The Hall–Kier alpha value is -0.380. The predicted octanol–water partition coefficient (Wildman–Crippen LogP) is 1.63. The van der Waals surface area contributed by atoms with E-state index in [-0.39, 0.29) is 11.3 Å². The average molecular weight is 173 g/mol. The number of hydrogen-bond acceptors (Lipinski definition) is 3. The van der Waals surface area contributed by atoms with Crippen LogP contribution in [0.2, 0.25) is 0 Å². The third-order valence-corrected chi connectivity index (χ3v) is 2.61. The number of azide groups is 1. The second-order valence-electron chi connectivity index (χ2n) is 2.74. The molecule has 62 valence electrons. The Morgan fingerprint density at radius 2 is 2.36 bits per heavy atom. The van der Waals surface area contributed by atoms with E-state index in [0.717, 1.165) is 0 Å². The molecule has 0 aromatic rings. The SMILES string of the molecule is C[C@@H]1C(N=[N+]=[N-])COC[C@H]1S. The Bertz CT molecular complexity index is 181. The van der Waals surface area contributed by atoms with Crippen molar-refractivity contribution in [2.75, 3.05) is 13.2 Å². The third kappa shape index (κ3) is 2.02. The molecule has 0 aliphatic carbocycles. The molecule has 1 aliphatic rings. The normalized spacial score (nSPS) is 37.8. The number of hydrogen-bond donors (Lipinski definition) is 1. The van der Waals surface area contributed by atoms with E-state index in [1.54, 1.807) is 0 Å². The van der Waals surface area contributed by atoms with Gasteiger partial charge in [-0.25, -0.2) is 0 Å². The molecule has 0 saturated carbocycles. The minimum Gasteiger partial charge on any atom is -0.380 e. The molecule has 4 nitrogen and oxygen atoms in total. The lowest BCUT2D eigenvalue weighted by Crippen LogP contribution is -2.37. The van der Waals surface area contributed by atoms with Gasteiger partial charge >= 0.3 is 0 Å². The lowest BCUT2D eigenvalue weighted by molar-refractivity contribution is 0.0607. The molecule has 3 atom stereocenters. The summed E-state index contributed by atoms with van der Waals surface area (Å²) in [5, 5.41) is 3.82. The molecular formula is C6H11N3OS. The van der Waals surface area contributed by atoms with Crippen molar-refractivity contribution in [1.82, 2.24) is 0 Å². The van der Waals surface area contributed by atoms with Crippen LogP contribution in [0.25, 0.3) is 10.4 Å². The minimum absolute atomic E-state index is 0.0451. The van der Waals surface area contributed by atoms with E-state index in [2.05, 4.69) is 22.7 Å². The molecule has 0 amide bonds. The average Bonchev–Trinajstić information content (AvgIpc) is 1.99. The van der Waals surface area contributed by atoms with Gasteiger partial charge in [-0.3, -0.25) is 0 Å². The van der Waals surface area contributed by atoms with E-state index < -0.39 is 0 Å². The van der Waals surface area contributed by atoms with Crippen LogP contribution in [0, 0.1) is 5.92 Å². The third-order valence-electron chi connectivity index (χ3n) is 1.99. The van der Waals surface area contributed by atoms with Gasteiger partial charge in [0.1, 0.15) is 0 Å². The summed E-state index contributed by atoms with van der Waals surface area (Å²) in [5.74, 6) is 0.308. The van der Waals surface area contributed by atoms with Crippen molar-refractivity contribution in [3.8, 4) is 0 Å². The summed E-state index contributed by atoms with van der Waals surface area (Å²) in [5.41, 5.74) is 8.20. The Labute approximate surface area is 71.0 Å². The van der Waals surface area contributed by atoms with Crippen LogP contribution < -0.4 is 0 Å². The molecule has 1 rings (SSSR count). The number of ether oxygens (including phenoxy) is 1. The number of rotatable bonds is 1. The summed E-state index contributed by atoms with van der Waals surface area (Å²) in [6, 6.07) is -0.0451. The highest BCUT2D eigenvalue weighted by Crippen LogP contribution is 2.22. The molecule has 0 aromatic heterocycles. The molecule has 0 spiro atoms. The van der Waals surface area contributed by atoms with Gasteiger partial charge in [0, 0.05) is 10.2 Å². The van der Waals surface area contributed by atoms with Gasteiger partial charge in [-0.1, -0.05) is 12.0 Å². The van der Waals surface area contributed by atoms with Crippen LogP contribution in [0.5, 0.6) is 0 Å². The first-order valence-electron chi connectivity index (χ1n) is 3.55. The molecule has 1 unspecified atom stereocenters. The monoisotopic (exact) mass is 173 g/mol. The van der Waals surface area contributed by atoms with Gasteiger partial charge in [-0.05, 0) is 11.4 Å². The summed E-state index contributed by atoms with van der Waals surface area (Å²) in [7, 11) is 0. The van der Waals surface area contributed by atoms with Crippen molar-refractivity contribution >= 4 is 12.6 Å². The maximum Gasteiger partial charge on any atom is 0.0644 e. The van der Waals surface area contributed by atoms with Crippen molar-refractivity contribution in [1.29, 1.82) is 0 Å². The zero-order valence-electron chi connectivity index (χ0n) is 6.34. The van der Waals surface area contributed by atoms with Crippen molar-refractivity contribution in [3.05, 3.63) is 10.4 Å². The van der Waals surface area contributed by atoms with E-state index >= 15 is 0 Å². The molecule has 1 saturated heterocycles. The van der Waals surface area contributed by atoms with Crippen LogP contribution in [0.15, 0.2) is 5.11 Å². The molecule has 0 radical (unpaired) electrons. The standard InChI is InChI=1S/C6H11N3OS/c1-4-5(8-9-7)2-10-3-6(4)11/h4-6,11H,2-3H2,1H3/t4-,5?,6-/m1/s1. The van der Waals surface area contributed by atoms with E-state index in [1.807, 2.05) is 6.92 Å². The molecular weight excluding hydrogens is 162 g/mol. The van der Waals surface area contributed by atoms with Crippen molar-refractivity contribution in [3.63, 3.8) is 0 Å². The molecule has 1 aliphatic heterocycles. The number of thiol groups is 1. The Kier molecular flexibility index (Phi) is 3.05. The molecule has 11 heavy (non-hydrogen) atoms. The first kappa shape index (κ1) is 8.71. The maximum absolute atomic E-state index is 8.20. The zero-order chi connectivity index (χ0) is 8.27. The predicted molar refractivity (Wildman–Crippen MR) is 45.7 cm³/mol. The summed E-state index contributed by atoms with van der Waals surface area (Å²) in [6.07, 6.45) is 0. The quantitative estimate of drug-likeness (QED) is 0.278. The first-order chi connectivity index (χ1) is 5.25. The lowest BCUT2D eigenvalue weighted by Gasteiger charge is -2.30. The smallest absolute Gasteiger partial charge is 0.0644 e. The topological polar surface area (TPSA) is 58.0 Å². The molecule has 0 aromatic carbocycles. The second kappa shape index (κ2) is 3.85. The molecule has 5 heteroatoms. The molecule has 1 heterocycles. The van der Waals surface area contributed by atoms with E-state index in [1.165, 1.54) is 0 Å². The van der Waals surface area contributed by atoms with Crippen LogP contribution in [-0.2, 0) is 4.74 Å². The Morgan fingerprint density at radius 1 is 1.64 bits per heavy atom. The van der Waals surface area contributed by atoms with Gasteiger partial charge in [0.05, 0.1) is 19.3 Å².